The molecule has 0 atom stereocenters. The summed E-state index contributed by atoms with van der Waals surface area (Å²) in [4.78, 5) is 22.9. The molecule has 1 aromatic carbocycles. The highest BCUT2D eigenvalue weighted by molar-refractivity contribution is 5.92. The van der Waals surface area contributed by atoms with Gasteiger partial charge in [0.05, 0.1) is 5.69 Å². The van der Waals surface area contributed by atoms with Crippen molar-refractivity contribution in [2.24, 2.45) is 5.92 Å². The number of aromatic nitrogens is 2. The van der Waals surface area contributed by atoms with E-state index in [1.165, 1.54) is 6.33 Å². The molecule has 0 bridgehead atoms. The monoisotopic (exact) mass is 325 g/mol. The predicted octanol–water partition coefficient (Wildman–Crippen LogP) is 2.15. The third-order valence-electron chi connectivity index (χ3n) is 4.29. The standard InChI is InChI=1S/C18H23N5O/c1-23(2)15-5-3-4-14(10-15)16-11-17(21-12-20-16)22-18(24)13-6-8-19-9-7-13/h3-5,10-13,19H,6-9H2,1-2H3,(H,20,21,22,24). The fourth-order valence-corrected chi connectivity index (χ4v) is 2.84. The first kappa shape index (κ1) is 16.4. The van der Waals surface area contributed by atoms with Gasteiger partial charge >= 0.3 is 0 Å². The molecule has 2 aromatic rings. The van der Waals surface area contributed by atoms with Crippen LogP contribution in [0.5, 0.6) is 0 Å². The molecule has 0 unspecified atom stereocenters. The number of rotatable bonds is 4. The molecule has 3 rings (SSSR count). The van der Waals surface area contributed by atoms with E-state index in [1.54, 1.807) is 0 Å². The second-order valence-corrected chi connectivity index (χ2v) is 6.25. The van der Waals surface area contributed by atoms with Crippen molar-refractivity contribution in [3.8, 4) is 11.3 Å². The first-order valence-corrected chi connectivity index (χ1v) is 8.25. The molecular formula is C18H23N5O. The third-order valence-corrected chi connectivity index (χ3v) is 4.29. The number of piperidine rings is 1. The topological polar surface area (TPSA) is 70.2 Å². The number of benzene rings is 1. The molecule has 0 radical (unpaired) electrons. The summed E-state index contributed by atoms with van der Waals surface area (Å²) >= 11 is 0. The van der Waals surface area contributed by atoms with Gasteiger partial charge in [0.15, 0.2) is 0 Å². The SMILES string of the molecule is CN(C)c1cccc(-c2cc(NC(=O)C3CCNCC3)ncn2)c1. The third kappa shape index (κ3) is 3.89. The number of nitrogens with one attached hydrogen (secondary N) is 2. The maximum atomic E-state index is 12.4. The number of anilines is 2. The Morgan fingerprint density at radius 2 is 2.00 bits per heavy atom. The summed E-state index contributed by atoms with van der Waals surface area (Å²) in [5, 5.41) is 6.20. The van der Waals surface area contributed by atoms with Gasteiger partial charge in [0.1, 0.15) is 12.1 Å². The molecule has 2 N–H and O–H groups in total. The van der Waals surface area contributed by atoms with Crippen LogP contribution in [0.15, 0.2) is 36.7 Å². The summed E-state index contributed by atoms with van der Waals surface area (Å²) in [5.41, 5.74) is 2.90. The Hall–Kier alpha value is -2.47. The molecule has 1 fully saturated rings. The van der Waals surface area contributed by atoms with Gasteiger partial charge in [-0.15, -0.1) is 0 Å². The van der Waals surface area contributed by atoms with Gasteiger partial charge in [-0.25, -0.2) is 9.97 Å². The molecule has 0 spiro atoms. The molecule has 6 nitrogen and oxygen atoms in total. The predicted molar refractivity (Wildman–Crippen MR) is 96.0 cm³/mol. The molecule has 0 aliphatic carbocycles. The molecule has 126 valence electrons. The van der Waals surface area contributed by atoms with Crippen molar-refractivity contribution < 1.29 is 4.79 Å². The van der Waals surface area contributed by atoms with Gasteiger partial charge in [-0.2, -0.15) is 0 Å². The number of hydrogen-bond donors (Lipinski definition) is 2. The molecule has 1 aromatic heterocycles. The van der Waals surface area contributed by atoms with Crippen LogP contribution in [-0.2, 0) is 4.79 Å². The zero-order valence-electron chi connectivity index (χ0n) is 14.1. The van der Waals surface area contributed by atoms with Crippen LogP contribution in [0.2, 0.25) is 0 Å². The Bertz CT molecular complexity index is 710. The second-order valence-electron chi connectivity index (χ2n) is 6.25. The number of amides is 1. The van der Waals surface area contributed by atoms with Crippen molar-refractivity contribution in [2.45, 2.75) is 12.8 Å². The van der Waals surface area contributed by atoms with Crippen LogP contribution in [0.1, 0.15) is 12.8 Å². The lowest BCUT2D eigenvalue weighted by Gasteiger charge is -2.21. The Balaban J connectivity index is 1.76. The minimum atomic E-state index is 0.0446. The second kappa shape index (κ2) is 7.40. The Morgan fingerprint density at radius 3 is 2.75 bits per heavy atom. The fraction of sp³-hybridized carbons (Fsp3) is 0.389. The van der Waals surface area contributed by atoms with Crippen molar-refractivity contribution in [1.29, 1.82) is 0 Å². The number of nitrogens with zero attached hydrogens (tertiary/aromatic N) is 3. The van der Waals surface area contributed by atoms with Crippen LogP contribution in [0, 0.1) is 5.92 Å². The van der Waals surface area contributed by atoms with E-state index in [1.807, 2.05) is 43.3 Å². The first-order chi connectivity index (χ1) is 11.6. The quantitative estimate of drug-likeness (QED) is 0.901. The molecule has 0 saturated carbocycles. The highest BCUT2D eigenvalue weighted by Crippen LogP contribution is 2.24. The van der Waals surface area contributed by atoms with Crippen LogP contribution in [0.25, 0.3) is 11.3 Å². The zero-order valence-corrected chi connectivity index (χ0v) is 14.1. The van der Waals surface area contributed by atoms with Crippen LogP contribution < -0.4 is 15.5 Å². The van der Waals surface area contributed by atoms with Crippen molar-refractivity contribution in [1.82, 2.24) is 15.3 Å². The van der Waals surface area contributed by atoms with E-state index < -0.39 is 0 Å². The fourth-order valence-electron chi connectivity index (χ4n) is 2.84. The van der Waals surface area contributed by atoms with E-state index in [2.05, 4.69) is 26.7 Å². The van der Waals surface area contributed by atoms with Gasteiger partial charge in [-0.3, -0.25) is 4.79 Å². The molecule has 6 heteroatoms. The van der Waals surface area contributed by atoms with Crippen molar-refractivity contribution in [3.05, 3.63) is 36.7 Å². The van der Waals surface area contributed by atoms with E-state index in [0.717, 1.165) is 42.9 Å². The normalized spacial score (nSPS) is 15.1. The summed E-state index contributed by atoms with van der Waals surface area (Å²) in [6, 6.07) is 9.95. The van der Waals surface area contributed by atoms with Gasteiger partial charge < -0.3 is 15.5 Å². The maximum absolute atomic E-state index is 12.4. The van der Waals surface area contributed by atoms with Crippen molar-refractivity contribution in [3.63, 3.8) is 0 Å². The maximum Gasteiger partial charge on any atom is 0.228 e. The smallest absolute Gasteiger partial charge is 0.228 e. The summed E-state index contributed by atoms with van der Waals surface area (Å²) in [5.74, 6) is 0.656. The van der Waals surface area contributed by atoms with Gasteiger partial charge in [0, 0.05) is 37.3 Å². The molecule has 24 heavy (non-hydrogen) atoms. The summed E-state index contributed by atoms with van der Waals surface area (Å²) in [6.07, 6.45) is 3.24. The van der Waals surface area contributed by atoms with Crippen molar-refractivity contribution in [2.75, 3.05) is 37.4 Å². The minimum absolute atomic E-state index is 0.0446. The lowest BCUT2D eigenvalue weighted by Crippen LogP contribution is -2.34. The van der Waals surface area contributed by atoms with Crippen LogP contribution >= 0.6 is 0 Å². The highest BCUT2D eigenvalue weighted by atomic mass is 16.1. The molecular weight excluding hydrogens is 302 g/mol. The number of hydrogen-bond acceptors (Lipinski definition) is 5. The van der Waals surface area contributed by atoms with E-state index in [-0.39, 0.29) is 11.8 Å². The Labute approximate surface area is 142 Å². The minimum Gasteiger partial charge on any atom is -0.378 e. The van der Waals surface area contributed by atoms with E-state index >= 15 is 0 Å². The average molecular weight is 325 g/mol. The van der Waals surface area contributed by atoms with E-state index in [0.29, 0.717) is 5.82 Å². The molecule has 1 amide bonds. The lowest BCUT2D eigenvalue weighted by atomic mass is 9.97. The van der Waals surface area contributed by atoms with Crippen molar-refractivity contribution >= 4 is 17.4 Å². The van der Waals surface area contributed by atoms with Gasteiger partial charge in [-0.05, 0) is 38.1 Å². The number of carbonyl (C=O) groups excluding carboxylic acids is 1. The summed E-state index contributed by atoms with van der Waals surface area (Å²) in [6.45, 7) is 1.79. The van der Waals surface area contributed by atoms with Crippen LogP contribution in [-0.4, -0.2) is 43.1 Å². The number of carbonyl (C=O) groups is 1. The molecule has 1 saturated heterocycles. The summed E-state index contributed by atoms with van der Waals surface area (Å²) in [7, 11) is 4.01. The molecule has 1 aliphatic heterocycles. The highest BCUT2D eigenvalue weighted by Gasteiger charge is 2.21. The van der Waals surface area contributed by atoms with E-state index in [4.69, 9.17) is 0 Å². The first-order valence-electron chi connectivity index (χ1n) is 8.25. The van der Waals surface area contributed by atoms with E-state index in [9.17, 15) is 4.79 Å². The summed E-state index contributed by atoms with van der Waals surface area (Å²) < 4.78 is 0. The van der Waals surface area contributed by atoms with Gasteiger partial charge in [0.25, 0.3) is 0 Å². The van der Waals surface area contributed by atoms with Crippen LogP contribution in [0.4, 0.5) is 11.5 Å². The Morgan fingerprint density at radius 1 is 1.21 bits per heavy atom. The molecule has 1 aliphatic rings. The van der Waals surface area contributed by atoms with Gasteiger partial charge in [0.2, 0.25) is 5.91 Å². The largest absolute Gasteiger partial charge is 0.378 e. The average Bonchev–Trinajstić information content (AvgIpc) is 2.63. The van der Waals surface area contributed by atoms with Gasteiger partial charge in [-0.1, -0.05) is 12.1 Å². The Kier molecular flexibility index (Phi) is 5.05. The zero-order chi connectivity index (χ0) is 16.9. The molecule has 2 heterocycles. The van der Waals surface area contributed by atoms with Crippen LogP contribution in [0.3, 0.4) is 0 Å². The lowest BCUT2D eigenvalue weighted by molar-refractivity contribution is -0.120.